The summed E-state index contributed by atoms with van der Waals surface area (Å²) in [7, 11) is 0. The number of halogens is 1. The molecule has 1 saturated carbocycles. The standard InChI is InChI=1S/C15H22BrNO/c1-12-5-7-15(8-6-12)18-10-9-17-14-4-2-3-13(16)11-14/h2-4,11-12,15,17H,5-10H2,1H3. The fraction of sp³-hybridized carbons (Fsp3) is 0.600. The van der Waals surface area contributed by atoms with Gasteiger partial charge in [-0.2, -0.15) is 0 Å². The van der Waals surface area contributed by atoms with Gasteiger partial charge in [0.2, 0.25) is 0 Å². The third-order valence-corrected chi connectivity index (χ3v) is 4.07. The Hall–Kier alpha value is -0.540. The molecule has 0 spiro atoms. The van der Waals surface area contributed by atoms with Crippen molar-refractivity contribution in [3.8, 4) is 0 Å². The molecule has 0 bridgehead atoms. The van der Waals surface area contributed by atoms with Gasteiger partial charge in [-0.3, -0.25) is 0 Å². The molecule has 0 atom stereocenters. The second-order valence-electron chi connectivity index (χ2n) is 5.19. The SMILES string of the molecule is CC1CCC(OCCNc2cccc(Br)c2)CC1. The number of anilines is 1. The van der Waals surface area contributed by atoms with Gasteiger partial charge in [-0.25, -0.2) is 0 Å². The van der Waals surface area contributed by atoms with Crippen LogP contribution in [0.1, 0.15) is 32.6 Å². The summed E-state index contributed by atoms with van der Waals surface area (Å²) in [5, 5.41) is 3.38. The van der Waals surface area contributed by atoms with E-state index in [4.69, 9.17) is 4.74 Å². The molecule has 0 aromatic heterocycles. The Bertz CT molecular complexity index is 361. The molecule has 0 saturated heterocycles. The molecule has 0 radical (unpaired) electrons. The molecule has 1 aliphatic carbocycles. The highest BCUT2D eigenvalue weighted by molar-refractivity contribution is 9.10. The summed E-state index contributed by atoms with van der Waals surface area (Å²) >= 11 is 3.47. The van der Waals surface area contributed by atoms with Crippen LogP contribution in [0.25, 0.3) is 0 Å². The molecule has 100 valence electrons. The minimum atomic E-state index is 0.491. The first kappa shape index (κ1) is 13.9. The van der Waals surface area contributed by atoms with Crippen molar-refractivity contribution in [1.82, 2.24) is 0 Å². The van der Waals surface area contributed by atoms with E-state index in [-0.39, 0.29) is 0 Å². The van der Waals surface area contributed by atoms with Crippen LogP contribution in [0.5, 0.6) is 0 Å². The topological polar surface area (TPSA) is 21.3 Å². The molecule has 1 fully saturated rings. The lowest BCUT2D eigenvalue weighted by molar-refractivity contribution is 0.0257. The van der Waals surface area contributed by atoms with E-state index in [0.717, 1.165) is 29.2 Å². The number of nitrogens with one attached hydrogen (secondary N) is 1. The maximum absolute atomic E-state index is 5.91. The predicted molar refractivity (Wildman–Crippen MR) is 80.0 cm³/mol. The van der Waals surface area contributed by atoms with Crippen LogP contribution in [0.4, 0.5) is 5.69 Å². The van der Waals surface area contributed by atoms with Crippen LogP contribution in [-0.4, -0.2) is 19.3 Å². The number of hydrogen-bond acceptors (Lipinski definition) is 2. The van der Waals surface area contributed by atoms with Crippen molar-refractivity contribution in [2.24, 2.45) is 5.92 Å². The molecule has 0 heterocycles. The zero-order chi connectivity index (χ0) is 12.8. The smallest absolute Gasteiger partial charge is 0.0642 e. The highest BCUT2D eigenvalue weighted by atomic mass is 79.9. The van der Waals surface area contributed by atoms with Gasteiger partial charge < -0.3 is 10.1 Å². The van der Waals surface area contributed by atoms with Crippen LogP contribution in [-0.2, 0) is 4.74 Å². The van der Waals surface area contributed by atoms with Gasteiger partial charge in [-0.15, -0.1) is 0 Å². The molecule has 0 aliphatic heterocycles. The Morgan fingerprint density at radius 3 is 2.78 bits per heavy atom. The van der Waals surface area contributed by atoms with Gasteiger partial charge in [0.25, 0.3) is 0 Å². The third kappa shape index (κ3) is 4.62. The van der Waals surface area contributed by atoms with Gasteiger partial charge in [0, 0.05) is 16.7 Å². The molecule has 1 aromatic rings. The maximum atomic E-state index is 5.91. The molecular formula is C15H22BrNO. The number of hydrogen-bond donors (Lipinski definition) is 1. The lowest BCUT2D eigenvalue weighted by Gasteiger charge is -2.26. The first-order chi connectivity index (χ1) is 8.74. The van der Waals surface area contributed by atoms with E-state index < -0.39 is 0 Å². The lowest BCUT2D eigenvalue weighted by atomic mass is 9.89. The number of rotatable bonds is 5. The van der Waals surface area contributed by atoms with Crippen molar-refractivity contribution in [3.05, 3.63) is 28.7 Å². The van der Waals surface area contributed by atoms with E-state index in [1.165, 1.54) is 25.7 Å². The normalized spacial score (nSPS) is 23.9. The summed E-state index contributed by atoms with van der Waals surface area (Å²) in [6, 6.07) is 8.23. The molecule has 0 unspecified atom stereocenters. The van der Waals surface area contributed by atoms with E-state index in [9.17, 15) is 0 Å². The summed E-state index contributed by atoms with van der Waals surface area (Å²) in [4.78, 5) is 0. The average molecular weight is 312 g/mol. The van der Waals surface area contributed by atoms with E-state index in [0.29, 0.717) is 6.10 Å². The number of ether oxygens (including phenoxy) is 1. The van der Waals surface area contributed by atoms with Crippen molar-refractivity contribution in [2.75, 3.05) is 18.5 Å². The quantitative estimate of drug-likeness (QED) is 0.811. The largest absolute Gasteiger partial charge is 0.383 e. The molecule has 1 N–H and O–H groups in total. The molecule has 1 aliphatic rings. The summed E-state index contributed by atoms with van der Waals surface area (Å²) in [5.41, 5.74) is 1.14. The van der Waals surface area contributed by atoms with Gasteiger partial charge >= 0.3 is 0 Å². The average Bonchev–Trinajstić information content (AvgIpc) is 2.37. The molecule has 2 rings (SSSR count). The third-order valence-electron chi connectivity index (χ3n) is 3.57. The van der Waals surface area contributed by atoms with E-state index >= 15 is 0 Å². The zero-order valence-corrected chi connectivity index (χ0v) is 12.6. The summed E-state index contributed by atoms with van der Waals surface area (Å²) < 4.78 is 7.02. The summed E-state index contributed by atoms with van der Waals surface area (Å²) in [5.74, 6) is 0.893. The summed E-state index contributed by atoms with van der Waals surface area (Å²) in [6.07, 6.45) is 5.61. The minimum Gasteiger partial charge on any atom is -0.383 e. The first-order valence-corrected chi connectivity index (χ1v) is 7.64. The molecule has 3 heteroatoms. The summed E-state index contributed by atoms with van der Waals surface area (Å²) in [6.45, 7) is 4.01. The Morgan fingerprint density at radius 2 is 2.06 bits per heavy atom. The molecule has 1 aromatic carbocycles. The Labute approximate surface area is 118 Å². The maximum Gasteiger partial charge on any atom is 0.0642 e. The van der Waals surface area contributed by atoms with E-state index in [2.05, 4.69) is 40.3 Å². The van der Waals surface area contributed by atoms with Gasteiger partial charge in [0.1, 0.15) is 0 Å². The van der Waals surface area contributed by atoms with Crippen LogP contribution in [0.15, 0.2) is 28.7 Å². The predicted octanol–water partition coefficient (Wildman–Crippen LogP) is 4.46. The van der Waals surface area contributed by atoms with Gasteiger partial charge in [-0.1, -0.05) is 28.9 Å². The van der Waals surface area contributed by atoms with Crippen molar-refractivity contribution in [3.63, 3.8) is 0 Å². The highest BCUT2D eigenvalue weighted by Crippen LogP contribution is 2.25. The van der Waals surface area contributed by atoms with Gasteiger partial charge in [0.15, 0.2) is 0 Å². The molecule has 2 nitrogen and oxygen atoms in total. The van der Waals surface area contributed by atoms with Crippen molar-refractivity contribution in [1.29, 1.82) is 0 Å². The van der Waals surface area contributed by atoms with Crippen LogP contribution in [0.2, 0.25) is 0 Å². The van der Waals surface area contributed by atoms with Gasteiger partial charge in [-0.05, 0) is 49.8 Å². The first-order valence-electron chi connectivity index (χ1n) is 6.85. The lowest BCUT2D eigenvalue weighted by Crippen LogP contribution is -2.23. The van der Waals surface area contributed by atoms with Crippen molar-refractivity contribution < 1.29 is 4.74 Å². The fourth-order valence-electron chi connectivity index (χ4n) is 2.42. The van der Waals surface area contributed by atoms with E-state index in [1.807, 2.05) is 12.1 Å². The molecule has 18 heavy (non-hydrogen) atoms. The number of benzene rings is 1. The zero-order valence-electron chi connectivity index (χ0n) is 11.0. The Kier molecular flexibility index (Phi) is 5.51. The Balaban J connectivity index is 1.61. The monoisotopic (exact) mass is 311 g/mol. The fourth-order valence-corrected chi connectivity index (χ4v) is 2.81. The van der Waals surface area contributed by atoms with Crippen molar-refractivity contribution >= 4 is 21.6 Å². The van der Waals surface area contributed by atoms with Crippen LogP contribution in [0.3, 0.4) is 0 Å². The van der Waals surface area contributed by atoms with Crippen molar-refractivity contribution in [2.45, 2.75) is 38.7 Å². The second kappa shape index (κ2) is 7.15. The molecular weight excluding hydrogens is 290 g/mol. The van der Waals surface area contributed by atoms with Crippen LogP contribution >= 0.6 is 15.9 Å². The second-order valence-corrected chi connectivity index (χ2v) is 6.11. The van der Waals surface area contributed by atoms with Crippen LogP contribution in [0, 0.1) is 5.92 Å². The van der Waals surface area contributed by atoms with Crippen LogP contribution < -0.4 is 5.32 Å². The van der Waals surface area contributed by atoms with E-state index in [1.54, 1.807) is 0 Å². The minimum absolute atomic E-state index is 0.491. The van der Waals surface area contributed by atoms with Gasteiger partial charge in [0.05, 0.1) is 12.7 Å². The molecule has 0 amide bonds. The Morgan fingerprint density at radius 1 is 1.28 bits per heavy atom. The highest BCUT2D eigenvalue weighted by Gasteiger charge is 2.18.